The maximum absolute atomic E-state index is 13.5. The summed E-state index contributed by atoms with van der Waals surface area (Å²) in [7, 11) is 3.03. The van der Waals surface area contributed by atoms with Crippen LogP contribution in [0.25, 0.3) is 0 Å². The summed E-state index contributed by atoms with van der Waals surface area (Å²) in [6, 6.07) is 7.81. The molecule has 0 saturated carbocycles. The first-order valence-corrected chi connectivity index (χ1v) is 6.62. The second-order valence-electron chi connectivity index (χ2n) is 4.09. The van der Waals surface area contributed by atoms with Crippen LogP contribution in [0.2, 0.25) is 0 Å². The van der Waals surface area contributed by atoms with Gasteiger partial charge in [-0.3, -0.25) is 13.9 Å². The molecule has 1 aromatic heterocycles. The highest BCUT2D eigenvalue weighted by Gasteiger charge is 2.08. The maximum Gasteiger partial charge on any atom is 0.330 e. The number of halogens is 1. The van der Waals surface area contributed by atoms with Gasteiger partial charge in [0.15, 0.2) is 0 Å². The molecule has 0 fully saturated rings. The van der Waals surface area contributed by atoms with Crippen LogP contribution in [0.4, 0.5) is 4.39 Å². The van der Waals surface area contributed by atoms with Crippen molar-refractivity contribution in [1.82, 2.24) is 9.13 Å². The minimum absolute atomic E-state index is 0.304. The minimum atomic E-state index is -0.378. The molecule has 0 amide bonds. The number of hydrogen-bond donors (Lipinski definition) is 0. The van der Waals surface area contributed by atoms with E-state index in [9.17, 15) is 14.0 Å². The highest BCUT2D eigenvalue weighted by molar-refractivity contribution is 7.98. The van der Waals surface area contributed by atoms with E-state index in [1.54, 1.807) is 25.2 Å². The van der Waals surface area contributed by atoms with E-state index in [4.69, 9.17) is 0 Å². The van der Waals surface area contributed by atoms with E-state index in [0.29, 0.717) is 16.3 Å². The second kappa shape index (κ2) is 5.44. The SMILES string of the molecule is Cn1c(CSc2ccccc2F)cc(=O)n(C)c1=O. The largest absolute Gasteiger partial charge is 0.330 e. The lowest BCUT2D eigenvalue weighted by atomic mass is 10.3. The zero-order chi connectivity index (χ0) is 14.0. The Hall–Kier alpha value is -1.82. The fourth-order valence-electron chi connectivity index (χ4n) is 1.63. The monoisotopic (exact) mass is 280 g/mol. The fourth-order valence-corrected chi connectivity index (χ4v) is 2.59. The molecule has 0 atom stereocenters. The van der Waals surface area contributed by atoms with Gasteiger partial charge in [-0.1, -0.05) is 12.1 Å². The zero-order valence-electron chi connectivity index (χ0n) is 10.6. The fraction of sp³-hybridized carbons (Fsp3) is 0.231. The smallest absolute Gasteiger partial charge is 0.300 e. The van der Waals surface area contributed by atoms with Crippen LogP contribution in [0.1, 0.15) is 5.69 Å². The molecule has 2 rings (SSSR count). The predicted octanol–water partition coefficient (Wildman–Crippen LogP) is 1.52. The van der Waals surface area contributed by atoms with Gasteiger partial charge in [0, 0.05) is 36.5 Å². The molecule has 0 aliphatic heterocycles. The Morgan fingerprint density at radius 2 is 1.84 bits per heavy atom. The highest BCUT2D eigenvalue weighted by atomic mass is 32.2. The van der Waals surface area contributed by atoms with Crippen molar-refractivity contribution in [3.8, 4) is 0 Å². The molecule has 0 saturated heterocycles. The van der Waals surface area contributed by atoms with Crippen molar-refractivity contribution in [3.05, 3.63) is 62.7 Å². The summed E-state index contributed by atoms with van der Waals surface area (Å²) in [6.07, 6.45) is 0. The quantitative estimate of drug-likeness (QED) is 0.801. The summed E-state index contributed by atoms with van der Waals surface area (Å²) in [5.41, 5.74) is -0.162. The normalized spacial score (nSPS) is 10.7. The van der Waals surface area contributed by atoms with Crippen LogP contribution in [0, 0.1) is 5.82 Å². The molecule has 0 aliphatic carbocycles. The zero-order valence-corrected chi connectivity index (χ0v) is 11.4. The third kappa shape index (κ3) is 2.78. The van der Waals surface area contributed by atoms with E-state index in [2.05, 4.69) is 0 Å². The van der Waals surface area contributed by atoms with Crippen LogP contribution < -0.4 is 11.2 Å². The Bertz CT molecular complexity index is 721. The Morgan fingerprint density at radius 1 is 1.16 bits per heavy atom. The Kier molecular flexibility index (Phi) is 3.90. The van der Waals surface area contributed by atoms with Crippen molar-refractivity contribution in [2.24, 2.45) is 14.1 Å². The van der Waals surface area contributed by atoms with Crippen LogP contribution >= 0.6 is 11.8 Å². The number of aromatic nitrogens is 2. The van der Waals surface area contributed by atoms with Gasteiger partial charge in [-0.2, -0.15) is 0 Å². The third-order valence-electron chi connectivity index (χ3n) is 2.84. The van der Waals surface area contributed by atoms with Crippen molar-refractivity contribution in [2.45, 2.75) is 10.6 Å². The Labute approximate surface area is 113 Å². The molecule has 100 valence electrons. The number of benzene rings is 1. The van der Waals surface area contributed by atoms with E-state index >= 15 is 0 Å². The molecule has 0 spiro atoms. The van der Waals surface area contributed by atoms with Gasteiger partial charge in [-0.05, 0) is 12.1 Å². The lowest BCUT2D eigenvalue weighted by Gasteiger charge is -2.09. The van der Waals surface area contributed by atoms with Crippen molar-refractivity contribution >= 4 is 11.8 Å². The van der Waals surface area contributed by atoms with Gasteiger partial charge in [-0.15, -0.1) is 11.8 Å². The topological polar surface area (TPSA) is 44.0 Å². The highest BCUT2D eigenvalue weighted by Crippen LogP contribution is 2.24. The summed E-state index contributed by atoms with van der Waals surface area (Å²) >= 11 is 1.25. The van der Waals surface area contributed by atoms with E-state index in [1.165, 1.54) is 35.5 Å². The molecular formula is C13H13FN2O2S. The van der Waals surface area contributed by atoms with Gasteiger partial charge in [0.05, 0.1) is 0 Å². The van der Waals surface area contributed by atoms with E-state index < -0.39 is 0 Å². The van der Waals surface area contributed by atoms with Gasteiger partial charge in [0.25, 0.3) is 5.56 Å². The van der Waals surface area contributed by atoms with Crippen LogP contribution in [0.15, 0.2) is 44.8 Å². The molecule has 6 heteroatoms. The average molecular weight is 280 g/mol. The molecule has 4 nitrogen and oxygen atoms in total. The first-order chi connectivity index (χ1) is 9.00. The summed E-state index contributed by atoms with van der Waals surface area (Å²) in [5.74, 6) is 0.0595. The number of thioether (sulfide) groups is 1. The maximum atomic E-state index is 13.5. The van der Waals surface area contributed by atoms with E-state index in [0.717, 1.165) is 4.57 Å². The number of hydrogen-bond acceptors (Lipinski definition) is 3. The van der Waals surface area contributed by atoms with Gasteiger partial charge in [0.1, 0.15) is 5.82 Å². The lowest BCUT2D eigenvalue weighted by molar-refractivity contribution is 0.602. The molecule has 19 heavy (non-hydrogen) atoms. The van der Waals surface area contributed by atoms with E-state index in [1.807, 2.05) is 0 Å². The molecular weight excluding hydrogens is 267 g/mol. The van der Waals surface area contributed by atoms with Gasteiger partial charge >= 0.3 is 5.69 Å². The van der Waals surface area contributed by atoms with Crippen molar-refractivity contribution < 1.29 is 4.39 Å². The second-order valence-corrected chi connectivity index (χ2v) is 5.11. The molecule has 2 aromatic rings. The molecule has 0 radical (unpaired) electrons. The summed E-state index contributed by atoms with van der Waals surface area (Å²) < 4.78 is 15.9. The standard InChI is InChI=1S/C13H13FN2O2S/c1-15-9(7-12(17)16(2)13(15)18)8-19-11-6-4-3-5-10(11)14/h3-7H,8H2,1-2H3. The van der Waals surface area contributed by atoms with Gasteiger partial charge in [-0.25, -0.2) is 9.18 Å². The average Bonchev–Trinajstić information content (AvgIpc) is 2.40. The molecule has 0 N–H and O–H groups in total. The predicted molar refractivity (Wildman–Crippen MR) is 72.9 cm³/mol. The molecule has 0 unspecified atom stereocenters. The lowest BCUT2D eigenvalue weighted by Crippen LogP contribution is -2.37. The van der Waals surface area contributed by atoms with Gasteiger partial charge < -0.3 is 0 Å². The first kappa shape index (κ1) is 13.6. The minimum Gasteiger partial charge on any atom is -0.300 e. The van der Waals surface area contributed by atoms with E-state index in [-0.39, 0.29) is 17.1 Å². The Balaban J connectivity index is 2.29. The van der Waals surface area contributed by atoms with Crippen LogP contribution in [0.5, 0.6) is 0 Å². The van der Waals surface area contributed by atoms with Crippen LogP contribution in [-0.4, -0.2) is 9.13 Å². The van der Waals surface area contributed by atoms with Crippen molar-refractivity contribution in [1.29, 1.82) is 0 Å². The van der Waals surface area contributed by atoms with Crippen LogP contribution in [-0.2, 0) is 19.8 Å². The van der Waals surface area contributed by atoms with Crippen molar-refractivity contribution in [2.75, 3.05) is 0 Å². The molecule has 0 bridgehead atoms. The molecule has 0 aliphatic rings. The first-order valence-electron chi connectivity index (χ1n) is 5.64. The number of rotatable bonds is 3. The summed E-state index contributed by atoms with van der Waals surface area (Å²) in [6.45, 7) is 0. The number of nitrogens with zero attached hydrogens (tertiary/aromatic N) is 2. The third-order valence-corrected chi connectivity index (χ3v) is 3.92. The Morgan fingerprint density at radius 3 is 2.53 bits per heavy atom. The van der Waals surface area contributed by atoms with Crippen molar-refractivity contribution in [3.63, 3.8) is 0 Å². The summed E-state index contributed by atoms with van der Waals surface area (Å²) in [5, 5.41) is 0. The molecule has 1 heterocycles. The summed E-state index contributed by atoms with van der Waals surface area (Å²) in [4.78, 5) is 23.8. The molecule has 1 aromatic carbocycles. The van der Waals surface area contributed by atoms with Gasteiger partial charge in [0.2, 0.25) is 0 Å². The van der Waals surface area contributed by atoms with Crippen LogP contribution in [0.3, 0.4) is 0 Å².